The van der Waals surface area contributed by atoms with Crippen LogP contribution in [0.5, 0.6) is 0 Å². The molecule has 208 valence electrons. The number of carbonyl (C=O) groups is 2. The molecule has 3 aliphatic rings. The molecule has 0 saturated carbocycles. The molecule has 0 bridgehead atoms. The Morgan fingerprint density at radius 3 is 1.19 bits per heavy atom. The van der Waals surface area contributed by atoms with Crippen molar-refractivity contribution in [3.63, 3.8) is 0 Å². The van der Waals surface area contributed by atoms with Crippen molar-refractivity contribution in [2.24, 2.45) is 0 Å². The highest BCUT2D eigenvalue weighted by atomic mass is 32.3. The topological polar surface area (TPSA) is 98.8 Å². The van der Waals surface area contributed by atoms with Gasteiger partial charge in [0.1, 0.15) is 9.81 Å². The van der Waals surface area contributed by atoms with Gasteiger partial charge >= 0.3 is 11.9 Å². The first kappa shape index (κ1) is 31.6. The monoisotopic (exact) mass is 630 g/mol. The second-order valence-corrected chi connectivity index (χ2v) is 14.3. The highest BCUT2D eigenvalue weighted by molar-refractivity contribution is 8.42. The fraction of sp³-hybridized carbons (Fsp3) is 0.636. The van der Waals surface area contributed by atoms with Gasteiger partial charge in [0, 0.05) is 11.5 Å². The summed E-state index contributed by atoms with van der Waals surface area (Å²) in [6.07, 6.45) is 0. The zero-order chi connectivity index (χ0) is 26.3. The standard InChI is InChI=1S/C22H30O9S6/c1-25-17(23)15-16(18(24)26-2)35-21(34-15)22-36-19-20(37-22)33-14-12-31-10-8-29-6-4-27-3-5-28-7-9-30-11-13-32-19/h3-14H2,1-2H3. The lowest BCUT2D eigenvalue weighted by atomic mass is 10.5. The largest absolute Gasteiger partial charge is 0.465 e. The number of esters is 2. The van der Waals surface area contributed by atoms with Crippen molar-refractivity contribution in [1.29, 1.82) is 0 Å². The Morgan fingerprint density at radius 1 is 0.514 bits per heavy atom. The van der Waals surface area contributed by atoms with E-state index >= 15 is 0 Å². The van der Waals surface area contributed by atoms with Crippen LogP contribution in [0.15, 0.2) is 26.8 Å². The van der Waals surface area contributed by atoms with E-state index in [1.807, 2.05) is 0 Å². The molecule has 0 radical (unpaired) electrons. The number of thioether (sulfide) groups is 6. The normalized spacial score (nSPS) is 22.4. The summed E-state index contributed by atoms with van der Waals surface area (Å²) in [7, 11) is 2.60. The third-order valence-corrected chi connectivity index (χ3v) is 13.0. The molecule has 0 aromatic rings. The van der Waals surface area contributed by atoms with E-state index in [9.17, 15) is 9.59 Å². The second-order valence-electron chi connectivity index (χ2n) is 6.96. The average Bonchev–Trinajstić information content (AvgIpc) is 3.53. The molecule has 3 heterocycles. The van der Waals surface area contributed by atoms with Crippen molar-refractivity contribution in [1.82, 2.24) is 0 Å². The van der Waals surface area contributed by atoms with Crippen LogP contribution >= 0.6 is 70.6 Å². The van der Waals surface area contributed by atoms with Crippen molar-refractivity contribution in [2.45, 2.75) is 0 Å². The molecule has 37 heavy (non-hydrogen) atoms. The molecule has 0 aliphatic carbocycles. The lowest BCUT2D eigenvalue weighted by molar-refractivity contribution is -0.138. The molecule has 0 N–H and O–H groups in total. The molecular weight excluding hydrogens is 601 g/mol. The zero-order valence-corrected chi connectivity index (χ0v) is 25.5. The van der Waals surface area contributed by atoms with Crippen molar-refractivity contribution in [2.75, 3.05) is 91.8 Å². The molecule has 0 aromatic heterocycles. The molecular formula is C22H30O9S6. The van der Waals surface area contributed by atoms with Crippen molar-refractivity contribution in [3.05, 3.63) is 26.8 Å². The minimum atomic E-state index is -0.542. The zero-order valence-electron chi connectivity index (χ0n) is 20.6. The third-order valence-electron chi connectivity index (χ3n) is 4.45. The van der Waals surface area contributed by atoms with Gasteiger partial charge in [-0.05, 0) is 0 Å². The Balaban J connectivity index is 1.61. The van der Waals surface area contributed by atoms with E-state index in [4.69, 9.17) is 33.2 Å². The van der Waals surface area contributed by atoms with Crippen LogP contribution in [0.3, 0.4) is 0 Å². The van der Waals surface area contributed by atoms with Crippen LogP contribution in [-0.2, 0) is 42.7 Å². The van der Waals surface area contributed by atoms with Gasteiger partial charge in [0.15, 0.2) is 0 Å². The first-order valence-electron chi connectivity index (χ1n) is 11.4. The van der Waals surface area contributed by atoms with Gasteiger partial charge in [-0.1, -0.05) is 47.0 Å². The van der Waals surface area contributed by atoms with Crippen LogP contribution in [0, 0.1) is 0 Å². The van der Waals surface area contributed by atoms with Gasteiger partial charge in [-0.3, -0.25) is 0 Å². The summed E-state index contributed by atoms with van der Waals surface area (Å²) < 4.78 is 41.9. The molecule has 0 spiro atoms. The Kier molecular flexibility index (Phi) is 15.7. The van der Waals surface area contributed by atoms with Gasteiger partial charge in [0.2, 0.25) is 0 Å². The summed E-state index contributed by atoms with van der Waals surface area (Å²) in [6, 6.07) is 0. The predicted octanol–water partition coefficient (Wildman–Crippen LogP) is 4.32. The summed E-state index contributed by atoms with van der Waals surface area (Å²) >= 11 is 9.29. The highest BCUT2D eigenvalue weighted by Gasteiger charge is 2.36. The van der Waals surface area contributed by atoms with E-state index in [0.717, 1.165) is 20.0 Å². The van der Waals surface area contributed by atoms with Crippen LogP contribution in [-0.4, -0.2) is 104 Å². The molecule has 0 saturated heterocycles. The maximum Gasteiger partial charge on any atom is 0.346 e. The first-order chi connectivity index (χ1) is 18.1. The number of rotatable bonds is 2. The van der Waals surface area contributed by atoms with E-state index in [1.54, 1.807) is 47.0 Å². The number of carbonyl (C=O) groups excluding carboxylic acids is 2. The van der Waals surface area contributed by atoms with Crippen LogP contribution in [0.2, 0.25) is 0 Å². The maximum atomic E-state index is 12.3. The molecule has 9 nitrogen and oxygen atoms in total. The Morgan fingerprint density at radius 2 is 0.838 bits per heavy atom. The third kappa shape index (κ3) is 10.9. The van der Waals surface area contributed by atoms with E-state index in [0.29, 0.717) is 66.1 Å². The quantitative estimate of drug-likeness (QED) is 0.405. The van der Waals surface area contributed by atoms with Crippen LogP contribution < -0.4 is 0 Å². The number of ether oxygens (including phenoxy) is 7. The van der Waals surface area contributed by atoms with Gasteiger partial charge in [0.05, 0.1) is 97.2 Å². The summed E-state index contributed by atoms with van der Waals surface area (Å²) in [5.74, 6) is 0.511. The first-order valence-corrected chi connectivity index (χ1v) is 16.6. The van der Waals surface area contributed by atoms with Crippen LogP contribution in [0.4, 0.5) is 0 Å². The Labute approximate surface area is 242 Å². The number of methoxy groups -OCH3 is 2. The van der Waals surface area contributed by atoms with E-state index in [1.165, 1.54) is 46.2 Å². The molecule has 0 amide bonds. The molecule has 0 unspecified atom stereocenters. The minimum absolute atomic E-state index is 0.260. The van der Waals surface area contributed by atoms with Crippen LogP contribution in [0.25, 0.3) is 0 Å². The fourth-order valence-corrected chi connectivity index (χ4v) is 11.2. The molecule has 0 aromatic carbocycles. The molecule has 3 aliphatic heterocycles. The minimum Gasteiger partial charge on any atom is -0.465 e. The van der Waals surface area contributed by atoms with Gasteiger partial charge in [-0.15, -0.1) is 23.5 Å². The van der Waals surface area contributed by atoms with E-state index in [2.05, 4.69) is 0 Å². The van der Waals surface area contributed by atoms with Gasteiger partial charge < -0.3 is 33.2 Å². The smallest absolute Gasteiger partial charge is 0.346 e. The SMILES string of the molecule is COC(=O)C1=C(C(=O)OC)SC(=C2SC3=C(SCCOCCOCCOCCOCCOCCS3)S2)S1. The highest BCUT2D eigenvalue weighted by Crippen LogP contribution is 2.63. The fourth-order valence-electron chi connectivity index (χ4n) is 2.74. The number of hydrogen-bond donors (Lipinski definition) is 0. The van der Waals surface area contributed by atoms with Crippen molar-refractivity contribution < 1.29 is 42.7 Å². The maximum absolute atomic E-state index is 12.3. The summed E-state index contributed by atoms with van der Waals surface area (Å²) in [5.41, 5.74) is 0. The summed E-state index contributed by atoms with van der Waals surface area (Å²) in [5, 5.41) is 0. The molecule has 15 heteroatoms. The summed E-state index contributed by atoms with van der Waals surface area (Å²) in [4.78, 5) is 25.0. The van der Waals surface area contributed by atoms with Crippen LogP contribution in [0.1, 0.15) is 0 Å². The lowest BCUT2D eigenvalue weighted by Crippen LogP contribution is -2.13. The number of hydrogen-bond acceptors (Lipinski definition) is 15. The van der Waals surface area contributed by atoms with Gasteiger partial charge in [-0.2, -0.15) is 0 Å². The summed E-state index contributed by atoms with van der Waals surface area (Å²) in [6.45, 7) is 5.45. The van der Waals surface area contributed by atoms with E-state index < -0.39 is 11.9 Å². The van der Waals surface area contributed by atoms with Crippen molar-refractivity contribution >= 4 is 82.5 Å². The average molecular weight is 631 g/mol. The molecule has 0 atom stereocenters. The van der Waals surface area contributed by atoms with Gasteiger partial charge in [-0.25, -0.2) is 9.59 Å². The Bertz CT molecular complexity index is 813. The van der Waals surface area contributed by atoms with Crippen molar-refractivity contribution in [3.8, 4) is 0 Å². The predicted molar refractivity (Wildman–Crippen MR) is 154 cm³/mol. The Hall–Kier alpha value is 0.0600. The second kappa shape index (κ2) is 18.4. The van der Waals surface area contributed by atoms with Gasteiger partial charge in [0.25, 0.3) is 0 Å². The molecule has 3 rings (SSSR count). The van der Waals surface area contributed by atoms with E-state index in [-0.39, 0.29) is 9.81 Å². The molecule has 0 fully saturated rings. The lowest BCUT2D eigenvalue weighted by Gasteiger charge is -2.07.